The summed E-state index contributed by atoms with van der Waals surface area (Å²) in [6, 6.07) is 9.05. The van der Waals surface area contributed by atoms with Crippen LogP contribution in [0, 0.1) is 0 Å². The second kappa shape index (κ2) is 3.89. The van der Waals surface area contributed by atoms with E-state index >= 15 is 0 Å². The summed E-state index contributed by atoms with van der Waals surface area (Å²) in [7, 11) is 0. The van der Waals surface area contributed by atoms with Crippen molar-refractivity contribution in [3.8, 4) is 11.1 Å². The molecule has 0 saturated carbocycles. The molecule has 2 N–H and O–H groups in total. The van der Waals surface area contributed by atoms with E-state index in [4.69, 9.17) is 40.5 Å². The van der Waals surface area contributed by atoms with Gasteiger partial charge in [-0.15, -0.1) is 0 Å². The predicted octanol–water partition coefficient (Wildman–Crippen LogP) is 4.68. The normalized spacial score (nSPS) is 16.8. The first-order chi connectivity index (χ1) is 8.08. The van der Waals surface area contributed by atoms with E-state index in [2.05, 4.69) is 0 Å². The number of fused-ring (bicyclic) bond motifs is 3. The Kier molecular flexibility index (Phi) is 2.60. The maximum Gasteiger partial charge on any atom is 0.0565 e. The van der Waals surface area contributed by atoms with Gasteiger partial charge in [0.25, 0.3) is 0 Å². The summed E-state index contributed by atoms with van der Waals surface area (Å²) in [6.45, 7) is 0. The van der Waals surface area contributed by atoms with Gasteiger partial charge in [0.1, 0.15) is 0 Å². The molecule has 0 fully saturated rings. The van der Waals surface area contributed by atoms with Crippen molar-refractivity contribution in [2.75, 3.05) is 0 Å². The molecular formula is C13H8Cl3N. The van der Waals surface area contributed by atoms with Crippen molar-refractivity contribution in [3.05, 3.63) is 56.5 Å². The van der Waals surface area contributed by atoms with E-state index in [0.717, 1.165) is 22.3 Å². The molecule has 1 nitrogen and oxygen atoms in total. The van der Waals surface area contributed by atoms with Crippen LogP contribution >= 0.6 is 34.8 Å². The van der Waals surface area contributed by atoms with Gasteiger partial charge in [0, 0.05) is 15.6 Å². The van der Waals surface area contributed by atoms with Crippen LogP contribution in [-0.2, 0) is 0 Å². The van der Waals surface area contributed by atoms with Crippen LogP contribution in [0.25, 0.3) is 11.1 Å². The number of hydrogen-bond acceptors (Lipinski definition) is 1. The van der Waals surface area contributed by atoms with E-state index in [0.29, 0.717) is 15.1 Å². The SMILES string of the molecule is N[C@@H]1c2cc(Cl)ccc2-c2c(Cl)cc(Cl)cc21. The molecule has 86 valence electrons. The lowest BCUT2D eigenvalue weighted by atomic mass is 10.1. The van der Waals surface area contributed by atoms with E-state index in [1.807, 2.05) is 24.3 Å². The van der Waals surface area contributed by atoms with Gasteiger partial charge in [-0.2, -0.15) is 0 Å². The quantitative estimate of drug-likeness (QED) is 0.747. The third-order valence-electron chi connectivity index (χ3n) is 3.04. The van der Waals surface area contributed by atoms with Crippen molar-refractivity contribution in [2.24, 2.45) is 5.73 Å². The largest absolute Gasteiger partial charge is 0.320 e. The lowest BCUT2D eigenvalue weighted by Crippen LogP contribution is -2.07. The lowest BCUT2D eigenvalue weighted by molar-refractivity contribution is 0.901. The fourth-order valence-electron chi connectivity index (χ4n) is 2.31. The molecule has 3 rings (SSSR count). The van der Waals surface area contributed by atoms with Gasteiger partial charge in [-0.3, -0.25) is 0 Å². The van der Waals surface area contributed by atoms with E-state index in [9.17, 15) is 0 Å². The van der Waals surface area contributed by atoms with Gasteiger partial charge in [-0.05, 0) is 41.0 Å². The van der Waals surface area contributed by atoms with E-state index < -0.39 is 0 Å². The number of benzene rings is 2. The van der Waals surface area contributed by atoms with E-state index in [1.165, 1.54) is 0 Å². The predicted molar refractivity (Wildman–Crippen MR) is 72.9 cm³/mol. The van der Waals surface area contributed by atoms with Crippen LogP contribution in [0.3, 0.4) is 0 Å². The molecule has 17 heavy (non-hydrogen) atoms. The van der Waals surface area contributed by atoms with Gasteiger partial charge in [0.05, 0.1) is 11.1 Å². The summed E-state index contributed by atoms with van der Waals surface area (Å²) >= 11 is 18.2. The first-order valence-electron chi connectivity index (χ1n) is 5.12. The van der Waals surface area contributed by atoms with Crippen LogP contribution in [0.5, 0.6) is 0 Å². The highest BCUT2D eigenvalue weighted by molar-refractivity contribution is 6.37. The monoisotopic (exact) mass is 283 g/mol. The van der Waals surface area contributed by atoms with Gasteiger partial charge >= 0.3 is 0 Å². The Morgan fingerprint density at radius 1 is 0.882 bits per heavy atom. The van der Waals surface area contributed by atoms with Crippen LogP contribution in [0.15, 0.2) is 30.3 Å². The zero-order valence-electron chi connectivity index (χ0n) is 8.68. The highest BCUT2D eigenvalue weighted by Crippen LogP contribution is 2.47. The first-order valence-corrected chi connectivity index (χ1v) is 6.25. The van der Waals surface area contributed by atoms with E-state index in [-0.39, 0.29) is 6.04 Å². The van der Waals surface area contributed by atoms with Crippen molar-refractivity contribution in [3.63, 3.8) is 0 Å². The molecule has 1 atom stereocenters. The average Bonchev–Trinajstić information content (AvgIpc) is 2.53. The number of rotatable bonds is 0. The van der Waals surface area contributed by atoms with Crippen molar-refractivity contribution in [1.29, 1.82) is 0 Å². The summed E-state index contributed by atoms with van der Waals surface area (Å²) in [5.74, 6) is 0. The van der Waals surface area contributed by atoms with Gasteiger partial charge < -0.3 is 5.73 Å². The van der Waals surface area contributed by atoms with Crippen LogP contribution in [0.4, 0.5) is 0 Å². The van der Waals surface area contributed by atoms with Gasteiger partial charge in [0.15, 0.2) is 0 Å². The molecule has 0 heterocycles. The minimum Gasteiger partial charge on any atom is -0.320 e. The molecule has 0 spiro atoms. The average molecular weight is 285 g/mol. The second-order valence-corrected chi connectivity index (χ2v) is 5.34. The molecule has 0 amide bonds. The molecule has 4 heteroatoms. The van der Waals surface area contributed by atoms with Gasteiger partial charge in [-0.25, -0.2) is 0 Å². The molecule has 2 aromatic rings. The molecule has 0 radical (unpaired) electrons. The Balaban J connectivity index is 2.35. The molecule has 0 aliphatic heterocycles. The lowest BCUT2D eigenvalue weighted by Gasteiger charge is -2.07. The highest BCUT2D eigenvalue weighted by Gasteiger charge is 2.28. The maximum atomic E-state index is 6.23. The van der Waals surface area contributed by atoms with Crippen LogP contribution in [0.1, 0.15) is 17.2 Å². The number of halogens is 3. The van der Waals surface area contributed by atoms with E-state index in [1.54, 1.807) is 6.07 Å². The third kappa shape index (κ3) is 1.66. The molecule has 2 aromatic carbocycles. The summed E-state index contributed by atoms with van der Waals surface area (Å²) in [4.78, 5) is 0. The van der Waals surface area contributed by atoms with Crippen molar-refractivity contribution >= 4 is 34.8 Å². The number of nitrogens with two attached hydrogens (primary N) is 1. The Morgan fingerprint density at radius 2 is 1.59 bits per heavy atom. The van der Waals surface area contributed by atoms with Crippen LogP contribution in [-0.4, -0.2) is 0 Å². The van der Waals surface area contributed by atoms with Crippen LogP contribution < -0.4 is 5.73 Å². The molecule has 0 bridgehead atoms. The highest BCUT2D eigenvalue weighted by atomic mass is 35.5. The standard InChI is InChI=1S/C13H8Cl3N/c14-6-1-2-8-9(3-6)13(17)10-4-7(15)5-11(16)12(8)10/h1-5,13H,17H2/t13-/m1/s1. The first kappa shape index (κ1) is 11.4. The molecule has 0 saturated heterocycles. The molecular weight excluding hydrogens is 277 g/mol. The Hall–Kier alpha value is -0.730. The Bertz CT molecular complexity index is 622. The zero-order chi connectivity index (χ0) is 12.2. The number of hydrogen-bond donors (Lipinski definition) is 1. The molecule has 1 aliphatic carbocycles. The molecule has 1 aliphatic rings. The van der Waals surface area contributed by atoms with Gasteiger partial charge in [-0.1, -0.05) is 40.9 Å². The van der Waals surface area contributed by atoms with Crippen molar-refractivity contribution in [1.82, 2.24) is 0 Å². The minimum atomic E-state index is -0.213. The Morgan fingerprint density at radius 3 is 2.35 bits per heavy atom. The van der Waals surface area contributed by atoms with Crippen LogP contribution in [0.2, 0.25) is 15.1 Å². The fraction of sp³-hybridized carbons (Fsp3) is 0.0769. The van der Waals surface area contributed by atoms with Crippen molar-refractivity contribution in [2.45, 2.75) is 6.04 Å². The summed E-state index contributed by atoms with van der Waals surface area (Å²) in [6.07, 6.45) is 0. The Labute approximate surface area is 114 Å². The minimum absolute atomic E-state index is 0.213. The molecule has 0 unspecified atom stereocenters. The van der Waals surface area contributed by atoms with Crippen molar-refractivity contribution < 1.29 is 0 Å². The third-order valence-corrected chi connectivity index (χ3v) is 3.79. The molecule has 0 aromatic heterocycles. The fourth-order valence-corrected chi connectivity index (χ4v) is 3.10. The second-order valence-electron chi connectivity index (χ2n) is 4.06. The van der Waals surface area contributed by atoms with Gasteiger partial charge in [0.2, 0.25) is 0 Å². The smallest absolute Gasteiger partial charge is 0.0565 e. The summed E-state index contributed by atoms with van der Waals surface area (Å²) < 4.78 is 0. The summed E-state index contributed by atoms with van der Waals surface area (Å²) in [5.41, 5.74) is 10.2. The zero-order valence-corrected chi connectivity index (χ0v) is 10.9. The summed E-state index contributed by atoms with van der Waals surface area (Å²) in [5, 5.41) is 1.90. The maximum absolute atomic E-state index is 6.23. The topological polar surface area (TPSA) is 26.0 Å².